The van der Waals surface area contributed by atoms with Crippen molar-refractivity contribution in [1.82, 2.24) is 5.32 Å². The Kier molecular flexibility index (Phi) is 14.7. The Morgan fingerprint density at radius 1 is 0.500 bits per heavy atom. The molecule has 0 unspecified atom stereocenters. The molecule has 6 aromatic carbocycles. The molecule has 0 bridgehead atoms. The zero-order chi connectivity index (χ0) is 47.3. The Balaban J connectivity index is 1.64. The van der Waals surface area contributed by atoms with Crippen LogP contribution < -0.4 is 19.7 Å². The molecule has 0 aliphatic carbocycles. The smallest absolute Gasteiger partial charge is 0.167 e. The first kappa shape index (κ1) is 47.9. The number of rotatable bonds is 17. The molecule has 6 aromatic rings. The fraction of sp³-hybridized carbons (Fsp3) is 0.373. The molecule has 1 heterocycles. The third-order valence-corrected chi connectivity index (χ3v) is 13.2. The second kappa shape index (κ2) is 20.2. The molecule has 346 valence electrons. The molecule has 66 heavy (non-hydrogen) atoms. The van der Waals surface area contributed by atoms with Crippen LogP contribution in [0, 0.1) is 62.3 Å². The fourth-order valence-corrected chi connectivity index (χ4v) is 10.1. The summed E-state index contributed by atoms with van der Waals surface area (Å²) in [5, 5.41) is 29.6. The number of aliphatic imine (C=N–C) groups is 1. The van der Waals surface area contributed by atoms with Gasteiger partial charge >= 0.3 is 0 Å². The molecule has 7 heteroatoms. The van der Waals surface area contributed by atoms with Gasteiger partial charge in [0.1, 0.15) is 28.8 Å². The number of phenols is 2. The predicted octanol–water partition coefficient (Wildman–Crippen LogP) is 14.1. The maximum Gasteiger partial charge on any atom is 0.167 e. The molecule has 0 fully saturated rings. The van der Waals surface area contributed by atoms with E-state index in [9.17, 15) is 10.2 Å². The molecule has 0 saturated heterocycles. The van der Waals surface area contributed by atoms with Crippen molar-refractivity contribution in [2.45, 2.75) is 132 Å². The number of nitrogens with one attached hydrogen (secondary N) is 1. The van der Waals surface area contributed by atoms with Gasteiger partial charge in [0.2, 0.25) is 0 Å². The molecule has 0 radical (unpaired) electrons. The van der Waals surface area contributed by atoms with Crippen LogP contribution in [0.4, 0.5) is 5.69 Å². The molecule has 0 saturated carbocycles. The Labute approximate surface area is 394 Å². The highest BCUT2D eigenvalue weighted by Gasteiger charge is 2.56. The van der Waals surface area contributed by atoms with Crippen molar-refractivity contribution < 1.29 is 19.7 Å². The number of hydrogen-bond donors (Lipinski definition) is 3. The number of benzene rings is 6. The largest absolute Gasteiger partial charge is 0.507 e. The minimum atomic E-state index is -1.30. The van der Waals surface area contributed by atoms with Gasteiger partial charge in [-0.15, -0.1) is 0 Å². The average Bonchev–Trinajstić information content (AvgIpc) is 3.26. The van der Waals surface area contributed by atoms with Gasteiger partial charge in [0.25, 0.3) is 0 Å². The van der Waals surface area contributed by atoms with Crippen molar-refractivity contribution in [3.8, 4) is 23.0 Å². The molecule has 0 amide bonds. The third kappa shape index (κ3) is 9.46. The van der Waals surface area contributed by atoms with Crippen LogP contribution in [0.5, 0.6) is 23.0 Å². The van der Waals surface area contributed by atoms with Gasteiger partial charge in [-0.05, 0) is 121 Å². The summed E-state index contributed by atoms with van der Waals surface area (Å²) < 4.78 is 12.5. The fourth-order valence-electron chi connectivity index (χ4n) is 10.1. The highest BCUT2D eigenvalue weighted by Crippen LogP contribution is 2.53. The van der Waals surface area contributed by atoms with E-state index in [1.54, 1.807) is 12.1 Å². The summed E-state index contributed by atoms with van der Waals surface area (Å²) in [5.74, 6) is 1.70. The maximum atomic E-state index is 12.6. The van der Waals surface area contributed by atoms with Gasteiger partial charge in [-0.2, -0.15) is 0 Å². The lowest BCUT2D eigenvalue weighted by molar-refractivity contribution is 0.265. The number of phenolic OH excluding ortho intramolecular Hbond substituents is 2. The van der Waals surface area contributed by atoms with Crippen molar-refractivity contribution in [2.75, 3.05) is 18.1 Å². The number of unbranched alkanes of at least 4 members (excludes halogenated alkanes) is 5. The van der Waals surface area contributed by atoms with Gasteiger partial charge in [0.15, 0.2) is 11.3 Å². The zero-order valence-corrected chi connectivity index (χ0v) is 41.3. The van der Waals surface area contributed by atoms with Crippen LogP contribution >= 0.6 is 0 Å². The number of hydrogen-bond acceptors (Lipinski definition) is 7. The number of nitrogens with zero attached hydrogens (tertiary/aromatic N) is 2. The van der Waals surface area contributed by atoms with Crippen LogP contribution in [0.2, 0.25) is 0 Å². The molecular weight excluding hydrogens is 815 g/mol. The lowest BCUT2D eigenvalue weighted by Gasteiger charge is -2.56. The Morgan fingerprint density at radius 3 is 1.52 bits per heavy atom. The lowest BCUT2D eigenvalue weighted by atomic mass is 9.76. The molecule has 1 aliphatic heterocycles. The van der Waals surface area contributed by atoms with Crippen molar-refractivity contribution in [3.63, 3.8) is 0 Å². The Hall–Kier alpha value is -6.05. The minimum absolute atomic E-state index is 0.0176. The summed E-state index contributed by atoms with van der Waals surface area (Å²) in [4.78, 5) is 8.17. The number of aryl methyl sites for hydroxylation is 9. The van der Waals surface area contributed by atoms with E-state index in [1.807, 2.05) is 25.1 Å². The maximum absolute atomic E-state index is 12.6. The summed E-state index contributed by atoms with van der Waals surface area (Å²) in [6.07, 6.45) is 7.77. The lowest BCUT2D eigenvalue weighted by Crippen LogP contribution is -2.69. The summed E-state index contributed by atoms with van der Waals surface area (Å²) in [5.41, 5.74) is 11.9. The molecule has 1 aliphatic rings. The second-order valence-electron chi connectivity index (χ2n) is 18.8. The normalized spacial score (nSPS) is 14.3. The molecule has 0 spiro atoms. The highest BCUT2D eigenvalue weighted by molar-refractivity contribution is 6.14. The molecule has 7 nitrogen and oxygen atoms in total. The number of ether oxygens (including phenoxy) is 2. The van der Waals surface area contributed by atoms with Crippen LogP contribution in [0.3, 0.4) is 0 Å². The van der Waals surface area contributed by atoms with Crippen LogP contribution in [-0.2, 0) is 11.3 Å². The second-order valence-corrected chi connectivity index (χ2v) is 18.8. The first-order chi connectivity index (χ1) is 31.6. The molecule has 3 N–H and O–H groups in total. The first-order valence-electron chi connectivity index (χ1n) is 24.1. The van der Waals surface area contributed by atoms with E-state index in [1.165, 1.54) is 25.7 Å². The van der Waals surface area contributed by atoms with Gasteiger partial charge in [0, 0.05) is 34.4 Å². The highest BCUT2D eigenvalue weighted by atomic mass is 16.5. The van der Waals surface area contributed by atoms with Gasteiger partial charge in [-0.25, -0.2) is 4.99 Å². The van der Waals surface area contributed by atoms with E-state index in [2.05, 4.69) is 152 Å². The predicted molar refractivity (Wildman–Crippen MR) is 273 cm³/mol. The van der Waals surface area contributed by atoms with E-state index in [4.69, 9.17) is 14.5 Å². The van der Waals surface area contributed by atoms with Gasteiger partial charge in [-0.3, -0.25) is 10.2 Å². The monoisotopic (exact) mass is 886 g/mol. The van der Waals surface area contributed by atoms with Crippen molar-refractivity contribution in [1.29, 1.82) is 0 Å². The Morgan fingerprint density at radius 2 is 1.02 bits per heavy atom. The quantitative estimate of drug-likeness (QED) is 0.0791. The van der Waals surface area contributed by atoms with E-state index < -0.39 is 11.3 Å². The van der Waals surface area contributed by atoms with E-state index in [-0.39, 0.29) is 11.5 Å². The SMILES string of the molecule is CCCCCCCCOc1ccc(C2=NC(c3ccc(C)cc3C)(c3ccc(C)cc3C)NC(c3ccc(C)cc3C)(c3ccc(C)cc3C)N2c2cc(C)c(OCCC)cc2O)c(O)c1. The van der Waals surface area contributed by atoms with E-state index in [0.717, 1.165) is 91.6 Å². The number of anilines is 1. The summed E-state index contributed by atoms with van der Waals surface area (Å²) in [7, 11) is 0. The molecule has 7 rings (SSSR count). The number of aromatic hydroxyl groups is 2. The summed E-state index contributed by atoms with van der Waals surface area (Å²) in [6, 6.07) is 35.6. The van der Waals surface area contributed by atoms with Crippen LogP contribution in [0.15, 0.2) is 108 Å². The van der Waals surface area contributed by atoms with E-state index in [0.29, 0.717) is 41.8 Å². The number of amidine groups is 1. The minimum Gasteiger partial charge on any atom is -0.507 e. The van der Waals surface area contributed by atoms with Crippen molar-refractivity contribution >= 4 is 11.5 Å². The van der Waals surface area contributed by atoms with Crippen LogP contribution in [0.25, 0.3) is 0 Å². The molecule has 0 aromatic heterocycles. The van der Waals surface area contributed by atoms with E-state index >= 15 is 0 Å². The zero-order valence-electron chi connectivity index (χ0n) is 41.3. The molecular formula is C59H71N3O4. The van der Waals surface area contributed by atoms with Gasteiger partial charge < -0.3 is 19.7 Å². The Bertz CT molecular complexity index is 2630. The van der Waals surface area contributed by atoms with Crippen LogP contribution in [0.1, 0.15) is 137 Å². The standard InChI is InChI=1S/C59H71N3O4/c1-12-14-15-16-17-18-30-65-47-23-24-48(54(63)36-47)57-60-58(49-25-19-38(3)31-42(49)7,50-26-20-39(4)32-43(50)8)61-59(51-27-21-40(5)33-44(51)9,52-28-22-41(6)34-45(52)10)62(57)53-35-46(11)56(37-55(53)64)66-29-13-2/h19-28,31-37,61,63-64H,12-18,29-30H2,1-11H3. The van der Waals surface area contributed by atoms with Crippen molar-refractivity contribution in [2.24, 2.45) is 4.99 Å². The first-order valence-corrected chi connectivity index (χ1v) is 24.1. The van der Waals surface area contributed by atoms with Gasteiger partial charge in [-0.1, -0.05) is 141 Å². The summed E-state index contributed by atoms with van der Waals surface area (Å²) in [6.45, 7) is 24.5. The molecule has 0 atom stereocenters. The average molecular weight is 886 g/mol. The van der Waals surface area contributed by atoms with Crippen LogP contribution in [-0.4, -0.2) is 29.3 Å². The topological polar surface area (TPSA) is 86.6 Å². The van der Waals surface area contributed by atoms with Crippen molar-refractivity contribution in [3.05, 3.63) is 181 Å². The summed E-state index contributed by atoms with van der Waals surface area (Å²) >= 11 is 0. The third-order valence-electron chi connectivity index (χ3n) is 13.2. The van der Waals surface area contributed by atoms with Gasteiger partial charge in [0.05, 0.1) is 24.5 Å².